The number of ether oxygens (including phenoxy) is 1. The van der Waals surface area contributed by atoms with Crippen LogP contribution in [0, 0.1) is 10.5 Å². The maximum atomic E-state index is 10.7. The fourth-order valence-corrected chi connectivity index (χ4v) is 3.29. The van der Waals surface area contributed by atoms with E-state index in [9.17, 15) is 5.11 Å². The van der Waals surface area contributed by atoms with Gasteiger partial charge in [-0.05, 0) is 65.4 Å². The summed E-state index contributed by atoms with van der Waals surface area (Å²) in [5.41, 5.74) is 2.64. The summed E-state index contributed by atoms with van der Waals surface area (Å²) >= 11 is 9.23. The molecule has 0 saturated heterocycles. The number of rotatable bonds is 3. The van der Waals surface area contributed by atoms with Crippen molar-refractivity contribution >= 4 is 54.5 Å². The average molecular weight is 512 g/mol. The average Bonchev–Trinajstić information content (AvgIpc) is 2.43. The van der Waals surface area contributed by atoms with Crippen molar-refractivity contribution in [3.63, 3.8) is 0 Å². The van der Waals surface area contributed by atoms with Gasteiger partial charge in [0.05, 0.1) is 7.11 Å². The zero-order valence-corrected chi connectivity index (χ0v) is 16.3. The van der Waals surface area contributed by atoms with Gasteiger partial charge in [-0.3, -0.25) is 0 Å². The second kappa shape index (κ2) is 6.77. The maximum absolute atomic E-state index is 10.7. The predicted molar refractivity (Wildman–Crippen MR) is 96.4 cm³/mol. The topological polar surface area (TPSA) is 29.5 Å². The highest BCUT2D eigenvalue weighted by atomic mass is 127. The minimum Gasteiger partial charge on any atom is -0.496 e. The predicted octanol–water partition coefficient (Wildman–Crippen LogP) is 5.21. The Morgan fingerprint density at radius 2 is 1.80 bits per heavy atom. The van der Waals surface area contributed by atoms with Gasteiger partial charge in [0.25, 0.3) is 0 Å². The zero-order valence-electron chi connectivity index (χ0n) is 11.0. The van der Waals surface area contributed by atoms with E-state index in [1.807, 2.05) is 37.3 Å². The fourth-order valence-electron chi connectivity index (χ4n) is 1.95. The van der Waals surface area contributed by atoms with E-state index in [1.165, 1.54) is 0 Å². The lowest BCUT2D eigenvalue weighted by Crippen LogP contribution is -2.04. The number of methoxy groups -OCH3 is 1. The molecule has 1 N–H and O–H groups in total. The molecule has 0 aliphatic carbocycles. The first-order chi connectivity index (χ1) is 9.43. The van der Waals surface area contributed by atoms with Crippen LogP contribution in [-0.2, 0) is 0 Å². The molecule has 5 heteroatoms. The van der Waals surface area contributed by atoms with Gasteiger partial charge in [0, 0.05) is 23.6 Å². The van der Waals surface area contributed by atoms with Gasteiger partial charge in [-0.15, -0.1) is 0 Å². The smallest absolute Gasteiger partial charge is 0.125 e. The molecule has 0 spiro atoms. The molecule has 0 saturated carbocycles. The van der Waals surface area contributed by atoms with Crippen molar-refractivity contribution in [1.29, 1.82) is 0 Å². The van der Waals surface area contributed by atoms with Crippen molar-refractivity contribution in [3.05, 3.63) is 59.5 Å². The van der Waals surface area contributed by atoms with Crippen molar-refractivity contribution in [2.75, 3.05) is 7.11 Å². The number of hydrogen-bond acceptors (Lipinski definition) is 2. The molecule has 106 valence electrons. The Hall–Kier alpha value is -0.110. The number of hydrogen-bond donors (Lipinski definition) is 1. The summed E-state index contributed by atoms with van der Waals surface area (Å²) in [7, 11) is 1.61. The molecule has 20 heavy (non-hydrogen) atoms. The summed E-state index contributed by atoms with van der Waals surface area (Å²) in [4.78, 5) is 0. The van der Waals surface area contributed by atoms with E-state index in [-0.39, 0.29) is 0 Å². The molecule has 0 aromatic heterocycles. The Bertz CT molecular complexity index is 644. The number of aryl methyl sites for hydroxylation is 1. The molecule has 0 heterocycles. The number of halogens is 3. The van der Waals surface area contributed by atoms with Gasteiger partial charge in [0.2, 0.25) is 0 Å². The molecular formula is C15H13Br2IO2. The third-order valence-corrected chi connectivity index (χ3v) is 5.31. The first-order valence-corrected chi connectivity index (χ1v) is 8.57. The summed E-state index contributed by atoms with van der Waals surface area (Å²) in [6.07, 6.45) is -0.744. The molecule has 1 unspecified atom stereocenters. The lowest BCUT2D eigenvalue weighted by Gasteiger charge is -2.18. The monoisotopic (exact) mass is 510 g/mol. The molecule has 0 aliphatic heterocycles. The van der Waals surface area contributed by atoms with Gasteiger partial charge in [-0.2, -0.15) is 0 Å². The Morgan fingerprint density at radius 3 is 2.45 bits per heavy atom. The van der Waals surface area contributed by atoms with Crippen molar-refractivity contribution in [1.82, 2.24) is 0 Å². The van der Waals surface area contributed by atoms with Crippen molar-refractivity contribution in [2.45, 2.75) is 13.0 Å². The first-order valence-electron chi connectivity index (χ1n) is 5.91. The molecule has 0 aliphatic rings. The fraction of sp³-hybridized carbons (Fsp3) is 0.200. The maximum Gasteiger partial charge on any atom is 0.125 e. The van der Waals surface area contributed by atoms with E-state index in [0.717, 1.165) is 29.2 Å². The van der Waals surface area contributed by atoms with Crippen LogP contribution >= 0.6 is 54.5 Å². The number of aliphatic hydroxyl groups is 1. The Kier molecular flexibility index (Phi) is 5.50. The molecular weight excluding hydrogens is 499 g/mol. The lowest BCUT2D eigenvalue weighted by atomic mass is 9.99. The molecule has 2 aromatic carbocycles. The Labute approximate surface area is 148 Å². The van der Waals surface area contributed by atoms with Crippen LogP contribution in [0.5, 0.6) is 5.75 Å². The quantitative estimate of drug-likeness (QED) is 0.573. The van der Waals surface area contributed by atoms with Crippen LogP contribution in [-0.4, -0.2) is 12.2 Å². The Balaban J connectivity index is 2.55. The standard InChI is InChI=1S/C15H13Br2IO2/c1-8-5-14(20-2)11(7-13(8)17)15(19)10-6-9(18)3-4-12(10)16/h3-7,15,19H,1-2H3. The highest BCUT2D eigenvalue weighted by Gasteiger charge is 2.19. The highest BCUT2D eigenvalue weighted by Crippen LogP contribution is 2.37. The van der Waals surface area contributed by atoms with E-state index >= 15 is 0 Å². The van der Waals surface area contributed by atoms with Crippen LogP contribution in [0.2, 0.25) is 0 Å². The van der Waals surface area contributed by atoms with Gasteiger partial charge in [0.1, 0.15) is 11.9 Å². The molecule has 0 amide bonds. The van der Waals surface area contributed by atoms with E-state index in [1.54, 1.807) is 7.11 Å². The minimum absolute atomic E-state index is 0.684. The molecule has 0 fully saturated rings. The van der Waals surface area contributed by atoms with Gasteiger partial charge in [-0.1, -0.05) is 31.9 Å². The van der Waals surface area contributed by atoms with E-state index in [2.05, 4.69) is 54.5 Å². The van der Waals surface area contributed by atoms with Gasteiger partial charge in [-0.25, -0.2) is 0 Å². The molecule has 2 aromatic rings. The largest absolute Gasteiger partial charge is 0.496 e. The summed E-state index contributed by atoms with van der Waals surface area (Å²) in [5, 5.41) is 10.7. The van der Waals surface area contributed by atoms with Crippen LogP contribution in [0.15, 0.2) is 39.3 Å². The van der Waals surface area contributed by atoms with Crippen LogP contribution < -0.4 is 4.74 Å². The van der Waals surface area contributed by atoms with Gasteiger partial charge in [0.15, 0.2) is 0 Å². The van der Waals surface area contributed by atoms with Crippen molar-refractivity contribution in [2.24, 2.45) is 0 Å². The normalized spacial score (nSPS) is 12.3. The summed E-state index contributed by atoms with van der Waals surface area (Å²) in [6, 6.07) is 9.72. The van der Waals surface area contributed by atoms with Crippen LogP contribution in [0.3, 0.4) is 0 Å². The SMILES string of the molecule is COc1cc(C)c(Br)cc1C(O)c1cc(I)ccc1Br. The third kappa shape index (κ3) is 3.37. The van der Waals surface area contributed by atoms with E-state index in [0.29, 0.717) is 5.75 Å². The number of aliphatic hydroxyl groups excluding tert-OH is 1. The van der Waals surface area contributed by atoms with Gasteiger partial charge < -0.3 is 9.84 Å². The minimum atomic E-state index is -0.744. The molecule has 0 radical (unpaired) electrons. The molecule has 2 nitrogen and oxygen atoms in total. The molecule has 0 bridgehead atoms. The second-order valence-corrected chi connectivity index (χ2v) is 7.37. The summed E-state index contributed by atoms with van der Waals surface area (Å²) < 4.78 is 8.30. The van der Waals surface area contributed by atoms with E-state index < -0.39 is 6.10 Å². The van der Waals surface area contributed by atoms with Crippen LogP contribution in [0.1, 0.15) is 22.8 Å². The van der Waals surface area contributed by atoms with Crippen molar-refractivity contribution < 1.29 is 9.84 Å². The Morgan fingerprint density at radius 1 is 1.10 bits per heavy atom. The van der Waals surface area contributed by atoms with E-state index in [4.69, 9.17) is 4.74 Å². The zero-order chi connectivity index (χ0) is 14.9. The van der Waals surface area contributed by atoms with Crippen molar-refractivity contribution in [3.8, 4) is 5.75 Å². The second-order valence-electron chi connectivity index (χ2n) is 4.41. The molecule has 1 atom stereocenters. The molecule has 2 rings (SSSR count). The summed E-state index contributed by atoms with van der Waals surface area (Å²) in [6.45, 7) is 1.99. The third-order valence-electron chi connectivity index (χ3n) is 3.06. The summed E-state index contributed by atoms with van der Waals surface area (Å²) in [5.74, 6) is 0.684. The number of benzene rings is 2. The van der Waals surface area contributed by atoms with Crippen LogP contribution in [0.4, 0.5) is 0 Å². The van der Waals surface area contributed by atoms with Crippen LogP contribution in [0.25, 0.3) is 0 Å². The first kappa shape index (κ1) is 16.3. The highest BCUT2D eigenvalue weighted by molar-refractivity contribution is 14.1. The lowest BCUT2D eigenvalue weighted by molar-refractivity contribution is 0.214. The van der Waals surface area contributed by atoms with Gasteiger partial charge >= 0.3 is 0 Å².